The first-order valence-corrected chi connectivity index (χ1v) is 8.97. The van der Waals surface area contributed by atoms with Gasteiger partial charge in [0.25, 0.3) is 0 Å². The molecule has 0 spiro atoms. The fourth-order valence-corrected chi connectivity index (χ4v) is 2.58. The van der Waals surface area contributed by atoms with Crippen molar-refractivity contribution in [1.29, 1.82) is 0 Å². The molecule has 2 amide bonds. The number of alkyl carbamates (subject to hydrolysis) is 1. The Labute approximate surface area is 155 Å². The number of halogens is 1. The van der Waals surface area contributed by atoms with E-state index in [9.17, 15) is 9.59 Å². The molecule has 1 N–H and O–H groups in total. The normalized spacial score (nSPS) is 14.0. The van der Waals surface area contributed by atoms with Crippen LogP contribution in [-0.2, 0) is 9.53 Å². The van der Waals surface area contributed by atoms with Gasteiger partial charge >= 0.3 is 6.09 Å². The zero-order valence-electron chi connectivity index (χ0n) is 13.4. The highest BCUT2D eigenvalue weighted by atomic mass is 127. The molecular formula is C17H21IN2O4. The summed E-state index contributed by atoms with van der Waals surface area (Å²) >= 11 is 2.22. The Morgan fingerprint density at radius 1 is 1.17 bits per heavy atom. The van der Waals surface area contributed by atoms with Gasteiger partial charge in [0, 0.05) is 29.3 Å². The van der Waals surface area contributed by atoms with Gasteiger partial charge in [-0.15, -0.1) is 0 Å². The molecule has 6 nitrogen and oxygen atoms in total. The first-order valence-electron chi connectivity index (χ1n) is 7.89. The van der Waals surface area contributed by atoms with Gasteiger partial charge in [0.05, 0.1) is 0 Å². The summed E-state index contributed by atoms with van der Waals surface area (Å²) in [5.74, 6) is 0.733. The van der Waals surface area contributed by atoms with Gasteiger partial charge < -0.3 is 19.7 Å². The van der Waals surface area contributed by atoms with Crippen molar-refractivity contribution in [2.45, 2.75) is 12.8 Å². The molecule has 1 aliphatic heterocycles. The lowest BCUT2D eigenvalue weighted by Gasteiger charge is -2.11. The number of benzene rings is 1. The maximum atomic E-state index is 11.7. The number of carbonyl (C=O) groups is 2. The molecule has 1 fully saturated rings. The largest absolute Gasteiger partial charge is 0.490 e. The molecule has 1 heterocycles. The molecule has 0 aliphatic carbocycles. The molecule has 0 unspecified atom stereocenters. The number of carbonyl (C=O) groups excluding carboxylic acids is 2. The van der Waals surface area contributed by atoms with Crippen LogP contribution < -0.4 is 10.1 Å². The number of rotatable bonds is 7. The number of nitrogens with one attached hydrogen (secondary N) is 1. The van der Waals surface area contributed by atoms with E-state index in [4.69, 9.17) is 9.47 Å². The van der Waals surface area contributed by atoms with E-state index in [-0.39, 0.29) is 25.7 Å². The van der Waals surface area contributed by atoms with E-state index >= 15 is 0 Å². The Kier molecular flexibility index (Phi) is 7.87. The van der Waals surface area contributed by atoms with Crippen LogP contribution >= 0.6 is 22.6 Å². The van der Waals surface area contributed by atoms with Crippen LogP contribution in [0.3, 0.4) is 0 Å². The summed E-state index contributed by atoms with van der Waals surface area (Å²) in [4.78, 5) is 25.0. The Morgan fingerprint density at radius 2 is 1.88 bits per heavy atom. The summed E-state index contributed by atoms with van der Waals surface area (Å²) in [7, 11) is 0. The summed E-state index contributed by atoms with van der Waals surface area (Å²) < 4.78 is 11.6. The fraction of sp³-hybridized carbons (Fsp3) is 0.412. The minimum Gasteiger partial charge on any atom is -0.490 e. The van der Waals surface area contributed by atoms with Crippen molar-refractivity contribution in [2.24, 2.45) is 0 Å². The average molecular weight is 444 g/mol. The van der Waals surface area contributed by atoms with Crippen LogP contribution in [0.1, 0.15) is 12.8 Å². The van der Waals surface area contributed by atoms with Crippen LogP contribution in [0.2, 0.25) is 0 Å². The minimum atomic E-state index is -0.528. The quantitative estimate of drug-likeness (QED) is 0.399. The van der Waals surface area contributed by atoms with E-state index < -0.39 is 6.09 Å². The standard InChI is InChI=1S/C17H21IN2O4/c18-14-5-7-15(8-6-14)23-12-13-24-17(22)19-9-3-4-16(21)20-10-1-2-11-20/h3-8H,1-2,9-13H2,(H,19,22). The van der Waals surface area contributed by atoms with E-state index in [2.05, 4.69) is 27.9 Å². The van der Waals surface area contributed by atoms with Gasteiger partial charge in [-0.2, -0.15) is 0 Å². The van der Waals surface area contributed by atoms with E-state index in [1.165, 1.54) is 6.08 Å². The molecule has 0 saturated carbocycles. The molecule has 1 aromatic carbocycles. The van der Waals surface area contributed by atoms with Gasteiger partial charge in [0.15, 0.2) is 0 Å². The van der Waals surface area contributed by atoms with E-state index in [1.807, 2.05) is 24.3 Å². The highest BCUT2D eigenvalue weighted by Gasteiger charge is 2.14. The molecule has 130 valence electrons. The summed E-state index contributed by atoms with van der Waals surface area (Å²) in [5, 5.41) is 2.56. The van der Waals surface area contributed by atoms with Crippen molar-refractivity contribution in [3.8, 4) is 5.75 Å². The van der Waals surface area contributed by atoms with Crippen molar-refractivity contribution < 1.29 is 19.1 Å². The maximum Gasteiger partial charge on any atom is 0.407 e. The second kappa shape index (κ2) is 10.2. The average Bonchev–Trinajstić information content (AvgIpc) is 3.12. The van der Waals surface area contributed by atoms with E-state index in [1.54, 1.807) is 11.0 Å². The lowest BCUT2D eigenvalue weighted by molar-refractivity contribution is -0.125. The number of hydrogen-bond acceptors (Lipinski definition) is 4. The molecule has 2 rings (SSSR count). The first-order chi connectivity index (χ1) is 11.6. The van der Waals surface area contributed by atoms with Crippen LogP contribution in [0.25, 0.3) is 0 Å². The Morgan fingerprint density at radius 3 is 2.58 bits per heavy atom. The Bertz CT molecular complexity index is 568. The zero-order chi connectivity index (χ0) is 17.2. The van der Waals surface area contributed by atoms with Crippen LogP contribution in [0.5, 0.6) is 5.75 Å². The maximum absolute atomic E-state index is 11.7. The number of likely N-dealkylation sites (tertiary alicyclic amines) is 1. The van der Waals surface area contributed by atoms with Crippen molar-refractivity contribution in [3.05, 3.63) is 40.0 Å². The molecule has 1 aromatic rings. The molecule has 0 radical (unpaired) electrons. The van der Waals surface area contributed by atoms with E-state index in [0.29, 0.717) is 0 Å². The molecule has 7 heteroatoms. The van der Waals surface area contributed by atoms with Crippen molar-refractivity contribution in [1.82, 2.24) is 10.2 Å². The summed E-state index contributed by atoms with van der Waals surface area (Å²) in [6, 6.07) is 7.62. The van der Waals surface area contributed by atoms with Crippen molar-refractivity contribution >= 4 is 34.6 Å². The molecular weight excluding hydrogens is 423 g/mol. The van der Waals surface area contributed by atoms with Crippen molar-refractivity contribution in [2.75, 3.05) is 32.8 Å². The van der Waals surface area contributed by atoms with Gasteiger partial charge in [-0.3, -0.25) is 4.79 Å². The molecule has 0 aromatic heterocycles. The summed E-state index contributed by atoms with van der Waals surface area (Å²) in [6.07, 6.45) is 4.72. The second-order valence-corrected chi connectivity index (χ2v) is 6.50. The third kappa shape index (κ3) is 6.77. The summed E-state index contributed by atoms with van der Waals surface area (Å²) in [5.41, 5.74) is 0. The third-order valence-corrected chi connectivity index (χ3v) is 4.16. The Balaban J connectivity index is 1.53. The Hall–Kier alpha value is -1.77. The minimum absolute atomic E-state index is 0.00594. The topological polar surface area (TPSA) is 67.9 Å². The third-order valence-electron chi connectivity index (χ3n) is 3.44. The SMILES string of the molecule is O=C(NCC=CC(=O)N1CCCC1)OCCOc1ccc(I)cc1. The summed E-state index contributed by atoms with van der Waals surface area (Å²) in [6.45, 7) is 2.35. The van der Waals surface area contributed by atoms with Gasteiger partial charge in [0.1, 0.15) is 19.0 Å². The predicted octanol–water partition coefficient (Wildman–Crippen LogP) is 2.57. The molecule has 24 heavy (non-hydrogen) atoms. The predicted molar refractivity (Wildman–Crippen MR) is 99.0 cm³/mol. The van der Waals surface area contributed by atoms with Crippen LogP contribution in [0.4, 0.5) is 4.79 Å². The van der Waals surface area contributed by atoms with Gasteiger partial charge in [-0.25, -0.2) is 4.79 Å². The van der Waals surface area contributed by atoms with Gasteiger partial charge in [0.2, 0.25) is 5.91 Å². The van der Waals surface area contributed by atoms with Crippen LogP contribution in [0.15, 0.2) is 36.4 Å². The number of ether oxygens (including phenoxy) is 2. The lowest BCUT2D eigenvalue weighted by atomic mass is 10.3. The highest BCUT2D eigenvalue weighted by Crippen LogP contribution is 2.13. The monoisotopic (exact) mass is 444 g/mol. The van der Waals surface area contributed by atoms with E-state index in [0.717, 1.165) is 35.3 Å². The highest BCUT2D eigenvalue weighted by molar-refractivity contribution is 14.1. The molecule has 0 atom stereocenters. The molecule has 0 bridgehead atoms. The van der Waals surface area contributed by atoms with Crippen molar-refractivity contribution in [3.63, 3.8) is 0 Å². The van der Waals surface area contributed by atoms with Crippen LogP contribution in [0, 0.1) is 3.57 Å². The number of amides is 2. The van der Waals surface area contributed by atoms with Crippen LogP contribution in [-0.4, -0.2) is 49.7 Å². The second-order valence-electron chi connectivity index (χ2n) is 5.25. The molecule has 1 saturated heterocycles. The molecule has 1 aliphatic rings. The van der Waals surface area contributed by atoms with Gasteiger partial charge in [-0.05, 0) is 59.7 Å². The number of hydrogen-bond donors (Lipinski definition) is 1. The zero-order valence-corrected chi connectivity index (χ0v) is 15.5. The number of nitrogens with zero attached hydrogens (tertiary/aromatic N) is 1. The lowest BCUT2D eigenvalue weighted by Crippen LogP contribution is -2.27. The first kappa shape index (κ1) is 18.6. The fourth-order valence-electron chi connectivity index (χ4n) is 2.22. The van der Waals surface area contributed by atoms with Gasteiger partial charge in [-0.1, -0.05) is 6.08 Å². The smallest absolute Gasteiger partial charge is 0.407 e.